The van der Waals surface area contributed by atoms with Gasteiger partial charge in [-0.05, 0) is 13.8 Å². The molecule has 0 unspecified atom stereocenters. The Morgan fingerprint density at radius 3 is 1.88 bits per heavy atom. The van der Waals surface area contributed by atoms with Gasteiger partial charge in [-0.25, -0.2) is 4.79 Å². The lowest BCUT2D eigenvalue weighted by atomic mass is 10.5. The highest BCUT2D eigenvalue weighted by atomic mass is 16.6. The Morgan fingerprint density at radius 1 is 0.941 bits per heavy atom. The zero-order chi connectivity index (χ0) is 12.9. The van der Waals surface area contributed by atoms with E-state index in [1.807, 2.05) is 13.8 Å². The number of hydrogen-bond donors (Lipinski definition) is 1. The molecule has 0 radical (unpaired) electrons. The molecule has 17 heavy (non-hydrogen) atoms. The van der Waals surface area contributed by atoms with Crippen molar-refractivity contribution < 1.29 is 28.8 Å². The maximum Gasteiger partial charge on any atom is 0.329 e. The van der Waals surface area contributed by atoms with Gasteiger partial charge in [-0.1, -0.05) is 0 Å². The van der Waals surface area contributed by atoms with Crippen LogP contribution in [0.4, 0.5) is 0 Å². The summed E-state index contributed by atoms with van der Waals surface area (Å²) in [5.41, 5.74) is 0. The van der Waals surface area contributed by atoms with E-state index in [0.29, 0.717) is 33.0 Å². The van der Waals surface area contributed by atoms with E-state index >= 15 is 0 Å². The molecular weight excluding hydrogens is 228 g/mol. The first-order valence-electron chi connectivity index (χ1n) is 5.69. The van der Waals surface area contributed by atoms with E-state index in [9.17, 15) is 4.79 Å². The summed E-state index contributed by atoms with van der Waals surface area (Å²) in [7, 11) is 0. The van der Waals surface area contributed by atoms with Gasteiger partial charge in [0, 0.05) is 0 Å². The summed E-state index contributed by atoms with van der Waals surface area (Å²) in [5, 5.41) is 8.28. The van der Waals surface area contributed by atoms with Crippen molar-refractivity contribution in [2.75, 3.05) is 46.2 Å². The van der Waals surface area contributed by atoms with E-state index in [1.165, 1.54) is 0 Å². The van der Waals surface area contributed by atoms with Crippen molar-refractivity contribution in [1.82, 2.24) is 0 Å². The van der Waals surface area contributed by atoms with Crippen LogP contribution < -0.4 is 0 Å². The zero-order valence-electron chi connectivity index (χ0n) is 10.5. The number of ether oxygens (including phenoxy) is 4. The lowest BCUT2D eigenvalue weighted by Crippen LogP contribution is -2.14. The molecule has 102 valence electrons. The highest BCUT2D eigenvalue weighted by Crippen LogP contribution is 1.87. The van der Waals surface area contributed by atoms with Crippen molar-refractivity contribution in [3.05, 3.63) is 0 Å². The number of rotatable bonds is 12. The Bertz CT molecular complexity index is 183. The highest BCUT2D eigenvalue weighted by molar-refractivity contribution is 5.67. The van der Waals surface area contributed by atoms with Crippen molar-refractivity contribution in [3.8, 4) is 0 Å². The Hall–Kier alpha value is -0.690. The van der Waals surface area contributed by atoms with E-state index in [0.717, 1.165) is 0 Å². The van der Waals surface area contributed by atoms with Crippen LogP contribution in [0, 0.1) is 0 Å². The summed E-state index contributed by atoms with van der Waals surface area (Å²) in [6.45, 7) is 6.42. The van der Waals surface area contributed by atoms with Crippen LogP contribution >= 0.6 is 0 Å². The average molecular weight is 250 g/mol. The first-order valence-corrected chi connectivity index (χ1v) is 5.69. The SMILES string of the molecule is CC(C)OCCOCCOCCOCC(=O)O. The third kappa shape index (κ3) is 15.3. The van der Waals surface area contributed by atoms with Crippen molar-refractivity contribution in [1.29, 1.82) is 0 Å². The first kappa shape index (κ1) is 16.3. The monoisotopic (exact) mass is 250 g/mol. The number of hydrogen-bond acceptors (Lipinski definition) is 5. The number of aliphatic carboxylic acids is 1. The molecule has 0 bridgehead atoms. The lowest BCUT2D eigenvalue weighted by Gasteiger charge is -2.08. The summed E-state index contributed by atoms with van der Waals surface area (Å²) in [5.74, 6) is -0.974. The molecule has 6 heteroatoms. The van der Waals surface area contributed by atoms with Crippen molar-refractivity contribution in [3.63, 3.8) is 0 Å². The molecule has 0 aromatic rings. The van der Waals surface area contributed by atoms with Gasteiger partial charge in [-0.2, -0.15) is 0 Å². The standard InChI is InChI=1S/C11H22O6/c1-10(2)17-8-7-15-4-3-14-5-6-16-9-11(12)13/h10H,3-9H2,1-2H3,(H,12,13). The molecule has 0 saturated heterocycles. The maximum absolute atomic E-state index is 10.1. The van der Waals surface area contributed by atoms with Gasteiger partial charge in [0.2, 0.25) is 0 Å². The minimum atomic E-state index is -0.974. The summed E-state index contributed by atoms with van der Waals surface area (Å²) >= 11 is 0. The maximum atomic E-state index is 10.1. The van der Waals surface area contributed by atoms with Crippen LogP contribution in [0.25, 0.3) is 0 Å². The van der Waals surface area contributed by atoms with Crippen LogP contribution in [0.15, 0.2) is 0 Å². The minimum Gasteiger partial charge on any atom is -0.480 e. The predicted octanol–water partition coefficient (Wildman–Crippen LogP) is 0.546. The van der Waals surface area contributed by atoms with Gasteiger partial charge in [0.25, 0.3) is 0 Å². The molecule has 0 saturated carbocycles. The summed E-state index contributed by atoms with van der Waals surface area (Å²) in [6.07, 6.45) is 0.223. The molecule has 0 spiro atoms. The molecule has 0 atom stereocenters. The van der Waals surface area contributed by atoms with Gasteiger partial charge in [0.1, 0.15) is 6.61 Å². The number of carbonyl (C=O) groups is 1. The smallest absolute Gasteiger partial charge is 0.329 e. The third-order valence-corrected chi connectivity index (χ3v) is 1.65. The molecule has 0 fully saturated rings. The lowest BCUT2D eigenvalue weighted by molar-refractivity contribution is -0.142. The second kappa shape index (κ2) is 11.8. The van der Waals surface area contributed by atoms with Crippen molar-refractivity contribution in [2.24, 2.45) is 0 Å². The summed E-state index contributed by atoms with van der Waals surface area (Å²) in [4.78, 5) is 10.1. The van der Waals surface area contributed by atoms with Crippen molar-refractivity contribution >= 4 is 5.97 Å². The van der Waals surface area contributed by atoms with E-state index in [1.54, 1.807) is 0 Å². The number of carboxylic acids is 1. The molecule has 6 nitrogen and oxygen atoms in total. The molecule has 0 aliphatic carbocycles. The molecule has 0 aromatic heterocycles. The molecule has 0 heterocycles. The number of carboxylic acid groups (broad SMARTS) is 1. The highest BCUT2D eigenvalue weighted by Gasteiger charge is 1.96. The largest absolute Gasteiger partial charge is 0.480 e. The molecule has 0 amide bonds. The van der Waals surface area contributed by atoms with E-state index in [4.69, 9.17) is 24.1 Å². The van der Waals surface area contributed by atoms with Gasteiger partial charge in [-0.15, -0.1) is 0 Å². The van der Waals surface area contributed by atoms with Crippen LogP contribution in [-0.4, -0.2) is 63.4 Å². The fourth-order valence-corrected chi connectivity index (χ4v) is 0.942. The molecule has 0 aliphatic heterocycles. The van der Waals surface area contributed by atoms with Crippen LogP contribution in [-0.2, 0) is 23.7 Å². The molecule has 0 aliphatic rings. The van der Waals surface area contributed by atoms with E-state index < -0.39 is 5.97 Å². The fraction of sp³-hybridized carbons (Fsp3) is 0.909. The second-order valence-electron chi connectivity index (χ2n) is 3.59. The Balaban J connectivity index is 2.96. The summed E-state index contributed by atoms with van der Waals surface area (Å²) in [6, 6.07) is 0. The average Bonchev–Trinajstić information content (AvgIpc) is 2.25. The molecule has 0 aromatic carbocycles. The van der Waals surface area contributed by atoms with Crippen LogP contribution in [0.5, 0.6) is 0 Å². The minimum absolute atomic E-state index is 0.223. The van der Waals surface area contributed by atoms with Crippen molar-refractivity contribution in [2.45, 2.75) is 20.0 Å². The Morgan fingerprint density at radius 2 is 1.41 bits per heavy atom. The first-order chi connectivity index (χ1) is 8.13. The molecule has 0 rings (SSSR count). The van der Waals surface area contributed by atoms with E-state index in [-0.39, 0.29) is 19.3 Å². The second-order valence-corrected chi connectivity index (χ2v) is 3.59. The van der Waals surface area contributed by atoms with Gasteiger partial charge < -0.3 is 24.1 Å². The van der Waals surface area contributed by atoms with Gasteiger partial charge in [0.05, 0.1) is 45.7 Å². The van der Waals surface area contributed by atoms with Crippen LogP contribution in [0.1, 0.15) is 13.8 Å². The third-order valence-electron chi connectivity index (χ3n) is 1.65. The topological polar surface area (TPSA) is 74.2 Å². The van der Waals surface area contributed by atoms with Crippen LogP contribution in [0.2, 0.25) is 0 Å². The fourth-order valence-electron chi connectivity index (χ4n) is 0.942. The normalized spacial score (nSPS) is 11.0. The van der Waals surface area contributed by atoms with Gasteiger partial charge in [0.15, 0.2) is 0 Å². The van der Waals surface area contributed by atoms with E-state index in [2.05, 4.69) is 0 Å². The summed E-state index contributed by atoms with van der Waals surface area (Å²) < 4.78 is 20.5. The Kier molecular flexibility index (Phi) is 11.3. The van der Waals surface area contributed by atoms with Gasteiger partial charge >= 0.3 is 5.97 Å². The van der Waals surface area contributed by atoms with Gasteiger partial charge in [-0.3, -0.25) is 0 Å². The zero-order valence-corrected chi connectivity index (χ0v) is 10.5. The molecule has 1 N–H and O–H groups in total. The predicted molar refractivity (Wildman–Crippen MR) is 61.2 cm³/mol. The molecular formula is C11H22O6. The van der Waals surface area contributed by atoms with Crippen LogP contribution in [0.3, 0.4) is 0 Å². The Labute approximate surface area is 102 Å². The quantitative estimate of drug-likeness (QED) is 0.510.